The minimum absolute atomic E-state index is 0.123. The Morgan fingerprint density at radius 1 is 1.15 bits per heavy atom. The number of fused-ring (bicyclic) bond motifs is 4. The van der Waals surface area contributed by atoms with Gasteiger partial charge in [0, 0.05) is 13.1 Å². The van der Waals surface area contributed by atoms with Gasteiger partial charge in [-0.3, -0.25) is 4.79 Å². The van der Waals surface area contributed by atoms with Crippen LogP contribution < -0.4 is 10.1 Å². The first-order chi connectivity index (χ1) is 12.5. The first-order valence-corrected chi connectivity index (χ1v) is 10.5. The van der Waals surface area contributed by atoms with Crippen molar-refractivity contribution in [2.24, 2.45) is 5.92 Å². The van der Waals surface area contributed by atoms with E-state index in [1.807, 2.05) is 0 Å². The molecule has 1 aromatic carbocycles. The number of amides is 1. The highest BCUT2D eigenvalue weighted by atomic mass is 32.2. The Kier molecular flexibility index (Phi) is 4.66. The maximum absolute atomic E-state index is 13.5. The second kappa shape index (κ2) is 6.83. The molecule has 1 N–H and O–H groups in total. The van der Waals surface area contributed by atoms with Crippen LogP contribution in [0.4, 0.5) is 0 Å². The molecule has 26 heavy (non-hydrogen) atoms. The van der Waals surface area contributed by atoms with Crippen molar-refractivity contribution in [2.75, 3.05) is 33.4 Å². The van der Waals surface area contributed by atoms with Crippen LogP contribution in [0.5, 0.6) is 5.75 Å². The minimum Gasteiger partial charge on any atom is -0.496 e. The maximum atomic E-state index is 13.5. The van der Waals surface area contributed by atoms with Crippen LogP contribution in [0.1, 0.15) is 24.0 Å². The fourth-order valence-electron chi connectivity index (χ4n) is 4.16. The topological polar surface area (TPSA) is 84.9 Å². The van der Waals surface area contributed by atoms with Crippen LogP contribution in [-0.4, -0.2) is 58.1 Å². The van der Waals surface area contributed by atoms with Gasteiger partial charge in [-0.15, -0.1) is 0 Å². The van der Waals surface area contributed by atoms with E-state index in [9.17, 15) is 13.2 Å². The second-order valence-electron chi connectivity index (χ2n) is 7.19. The molecule has 0 saturated carbocycles. The molecule has 2 aliphatic heterocycles. The average Bonchev–Trinajstić information content (AvgIpc) is 2.89. The molecule has 1 aromatic rings. The van der Waals surface area contributed by atoms with Crippen molar-refractivity contribution in [3.05, 3.63) is 23.3 Å². The molecule has 2 fully saturated rings. The van der Waals surface area contributed by atoms with E-state index in [1.54, 1.807) is 19.2 Å². The van der Waals surface area contributed by atoms with E-state index < -0.39 is 15.9 Å². The largest absolute Gasteiger partial charge is 0.496 e. The number of hydrogen-bond donors (Lipinski definition) is 1. The molecule has 1 aliphatic carbocycles. The van der Waals surface area contributed by atoms with Gasteiger partial charge in [0.05, 0.1) is 37.2 Å². The number of nitrogens with one attached hydrogen (secondary N) is 1. The van der Waals surface area contributed by atoms with Gasteiger partial charge in [0.15, 0.2) is 0 Å². The van der Waals surface area contributed by atoms with Gasteiger partial charge in [0.2, 0.25) is 15.9 Å². The monoisotopic (exact) mass is 380 g/mol. The molecule has 142 valence electrons. The van der Waals surface area contributed by atoms with Crippen molar-refractivity contribution in [1.29, 1.82) is 0 Å². The van der Waals surface area contributed by atoms with E-state index in [0.717, 1.165) is 42.6 Å². The fourth-order valence-corrected chi connectivity index (χ4v) is 5.97. The van der Waals surface area contributed by atoms with Crippen molar-refractivity contribution in [3.8, 4) is 5.75 Å². The summed E-state index contributed by atoms with van der Waals surface area (Å²) < 4.78 is 39.3. The molecule has 2 bridgehead atoms. The summed E-state index contributed by atoms with van der Waals surface area (Å²) in [5, 5.41) is 2.88. The highest BCUT2D eigenvalue weighted by molar-refractivity contribution is 7.89. The molecule has 0 aromatic heterocycles. The number of ether oxygens (including phenoxy) is 2. The van der Waals surface area contributed by atoms with Crippen molar-refractivity contribution in [3.63, 3.8) is 0 Å². The molecule has 0 radical (unpaired) electrons. The van der Waals surface area contributed by atoms with Crippen molar-refractivity contribution >= 4 is 15.9 Å². The average molecular weight is 380 g/mol. The Labute approximate surface area is 153 Å². The summed E-state index contributed by atoms with van der Waals surface area (Å²) in [4.78, 5) is 12.6. The number of nitrogens with zero attached hydrogens (tertiary/aromatic N) is 1. The van der Waals surface area contributed by atoms with Crippen molar-refractivity contribution in [2.45, 2.75) is 36.6 Å². The molecular weight excluding hydrogens is 356 g/mol. The lowest BCUT2D eigenvalue weighted by Crippen LogP contribution is -2.44. The number of methoxy groups -OCH3 is 1. The Hall–Kier alpha value is -1.64. The summed E-state index contributed by atoms with van der Waals surface area (Å²) >= 11 is 0. The first kappa shape index (κ1) is 17.8. The van der Waals surface area contributed by atoms with Gasteiger partial charge >= 0.3 is 0 Å². The van der Waals surface area contributed by atoms with Crippen molar-refractivity contribution in [1.82, 2.24) is 9.62 Å². The van der Waals surface area contributed by atoms with E-state index in [0.29, 0.717) is 11.5 Å². The number of carbonyl (C=O) groups is 1. The molecule has 8 heteroatoms. The standard InChI is InChI=1S/C18H24N2O5S/c1-24-16-6-7-17(15-5-3-2-4-14(15)16)26(22,23)20-8-12-10-25-11-13(9-20)19-18(12)21/h6-7,12-13H,2-5,8-11H2,1H3,(H,19,21)/t12-,13+/m1/s1. The fraction of sp³-hybridized carbons (Fsp3) is 0.611. The molecule has 0 spiro atoms. The maximum Gasteiger partial charge on any atom is 0.243 e. The smallest absolute Gasteiger partial charge is 0.243 e. The van der Waals surface area contributed by atoms with Crippen LogP contribution in [-0.2, 0) is 32.4 Å². The highest BCUT2D eigenvalue weighted by Gasteiger charge is 2.39. The SMILES string of the molecule is COc1ccc(S(=O)(=O)N2C[C@H]3COC[C@@H](C2)C(=O)N3)c2c1CCCC2. The van der Waals surface area contributed by atoms with E-state index >= 15 is 0 Å². The molecule has 0 unspecified atom stereocenters. The zero-order chi connectivity index (χ0) is 18.3. The third-order valence-corrected chi connectivity index (χ3v) is 7.41. The van der Waals surface area contributed by atoms with E-state index in [-0.39, 0.29) is 31.6 Å². The number of sulfonamides is 1. The van der Waals surface area contributed by atoms with Gasteiger partial charge < -0.3 is 14.8 Å². The lowest BCUT2D eigenvalue weighted by molar-refractivity contribution is -0.125. The molecule has 2 heterocycles. The third-order valence-electron chi connectivity index (χ3n) is 5.49. The van der Waals surface area contributed by atoms with E-state index in [1.165, 1.54) is 4.31 Å². The van der Waals surface area contributed by atoms with Crippen LogP contribution in [0.25, 0.3) is 0 Å². The van der Waals surface area contributed by atoms with Crippen LogP contribution >= 0.6 is 0 Å². The highest BCUT2D eigenvalue weighted by Crippen LogP contribution is 2.36. The van der Waals surface area contributed by atoms with Crippen LogP contribution in [0.2, 0.25) is 0 Å². The third kappa shape index (κ3) is 3.00. The Bertz CT molecular complexity index is 823. The lowest BCUT2D eigenvalue weighted by atomic mass is 9.91. The van der Waals surface area contributed by atoms with Gasteiger partial charge in [-0.25, -0.2) is 8.42 Å². The van der Waals surface area contributed by atoms with E-state index in [4.69, 9.17) is 9.47 Å². The zero-order valence-corrected chi connectivity index (χ0v) is 15.7. The Morgan fingerprint density at radius 2 is 1.92 bits per heavy atom. The van der Waals surface area contributed by atoms with Gasteiger partial charge in [-0.1, -0.05) is 0 Å². The summed E-state index contributed by atoms with van der Waals surface area (Å²) in [6.45, 7) is 1.00. The van der Waals surface area contributed by atoms with Crippen LogP contribution in [0.3, 0.4) is 0 Å². The normalized spacial score (nSPS) is 26.6. The molecule has 3 aliphatic rings. The van der Waals surface area contributed by atoms with Gasteiger partial charge in [0.25, 0.3) is 0 Å². The lowest BCUT2D eigenvalue weighted by Gasteiger charge is -2.29. The Morgan fingerprint density at radius 3 is 2.69 bits per heavy atom. The number of hydrogen-bond acceptors (Lipinski definition) is 5. The summed E-state index contributed by atoms with van der Waals surface area (Å²) in [7, 11) is -2.07. The summed E-state index contributed by atoms with van der Waals surface area (Å²) in [6.07, 6.45) is 3.58. The molecule has 7 nitrogen and oxygen atoms in total. The molecular formula is C18H24N2O5S. The summed E-state index contributed by atoms with van der Waals surface area (Å²) in [5.41, 5.74) is 1.88. The predicted molar refractivity (Wildman–Crippen MR) is 94.6 cm³/mol. The Balaban J connectivity index is 1.74. The van der Waals surface area contributed by atoms with Crippen LogP contribution in [0.15, 0.2) is 17.0 Å². The first-order valence-electron chi connectivity index (χ1n) is 9.07. The van der Waals surface area contributed by atoms with Gasteiger partial charge in [-0.2, -0.15) is 4.31 Å². The predicted octanol–water partition coefficient (Wildman–Crippen LogP) is 0.710. The summed E-state index contributed by atoms with van der Waals surface area (Å²) in [5.74, 6) is 0.171. The van der Waals surface area contributed by atoms with Gasteiger partial charge in [-0.05, 0) is 48.9 Å². The van der Waals surface area contributed by atoms with Crippen LogP contribution in [0, 0.1) is 5.92 Å². The number of rotatable bonds is 3. The zero-order valence-electron chi connectivity index (χ0n) is 14.9. The quantitative estimate of drug-likeness (QED) is 0.835. The second-order valence-corrected chi connectivity index (χ2v) is 9.10. The van der Waals surface area contributed by atoms with Gasteiger partial charge in [0.1, 0.15) is 5.75 Å². The minimum atomic E-state index is -3.69. The molecule has 2 saturated heterocycles. The van der Waals surface area contributed by atoms with E-state index in [2.05, 4.69) is 5.32 Å². The molecule has 2 atom stereocenters. The summed E-state index contributed by atoms with van der Waals surface area (Å²) in [6, 6.07) is 3.10. The number of carbonyl (C=O) groups excluding carboxylic acids is 1. The van der Waals surface area contributed by atoms with Crippen molar-refractivity contribution < 1.29 is 22.7 Å². The molecule has 1 amide bonds. The number of benzene rings is 1. The molecule has 4 rings (SSSR count).